The summed E-state index contributed by atoms with van der Waals surface area (Å²) in [5.41, 5.74) is 7.08. The minimum atomic E-state index is -0.439. The van der Waals surface area contributed by atoms with E-state index in [2.05, 4.69) is 0 Å². The van der Waals surface area contributed by atoms with Crippen LogP contribution in [0, 0.1) is 5.82 Å². The molecule has 0 atom stereocenters. The Morgan fingerprint density at radius 2 is 1.89 bits per heavy atom. The van der Waals surface area contributed by atoms with Crippen molar-refractivity contribution in [2.75, 3.05) is 0 Å². The fourth-order valence-corrected chi connectivity index (χ4v) is 1.85. The molecule has 2 rings (SSSR count). The van der Waals surface area contributed by atoms with Crippen LogP contribution in [0.1, 0.15) is 11.1 Å². The van der Waals surface area contributed by atoms with Gasteiger partial charge in [0.25, 0.3) is 0 Å². The van der Waals surface area contributed by atoms with Gasteiger partial charge in [-0.25, -0.2) is 4.39 Å². The Kier molecular flexibility index (Phi) is 4.35. The zero-order chi connectivity index (χ0) is 13.8. The first-order valence-electron chi connectivity index (χ1n) is 5.53. The number of hydrogen-bond acceptors (Lipinski definition) is 2. The summed E-state index contributed by atoms with van der Waals surface area (Å²) in [6.45, 7) is 0.312. The van der Waals surface area contributed by atoms with Crippen LogP contribution in [0.5, 0.6) is 5.75 Å². The molecule has 98 valence electrons. The van der Waals surface area contributed by atoms with Crippen LogP contribution in [0.15, 0.2) is 42.5 Å². The molecule has 0 radical (unpaired) electrons. The number of hydrogen-bond donors (Lipinski definition) is 1. The maximum absolute atomic E-state index is 13.0. The quantitative estimate of drug-likeness (QED) is 0.874. The maximum atomic E-state index is 13.0. The van der Waals surface area contributed by atoms with Crippen molar-refractivity contribution in [3.05, 3.63) is 64.4 Å². The third-order valence-electron chi connectivity index (χ3n) is 2.53. The maximum Gasteiger partial charge on any atom is 0.141 e. The Morgan fingerprint density at radius 1 is 1.21 bits per heavy atom. The molecule has 2 N–H and O–H groups in total. The normalized spacial score (nSPS) is 10.2. The van der Waals surface area contributed by atoms with E-state index in [1.807, 2.05) is 0 Å². The lowest BCUT2D eigenvalue weighted by Gasteiger charge is -2.07. The Balaban J connectivity index is 2.01. The summed E-state index contributed by atoms with van der Waals surface area (Å²) in [5, 5.41) is 0.0879. The van der Waals surface area contributed by atoms with Gasteiger partial charge in [-0.2, -0.15) is 0 Å². The summed E-state index contributed by atoms with van der Waals surface area (Å²) < 4.78 is 18.5. The fourth-order valence-electron chi connectivity index (χ4n) is 1.51. The summed E-state index contributed by atoms with van der Waals surface area (Å²) >= 11 is 10.6. The monoisotopic (exact) mass is 295 g/mol. The first kappa shape index (κ1) is 13.8. The van der Waals surface area contributed by atoms with Gasteiger partial charge >= 0.3 is 0 Å². The molecule has 0 saturated carbocycles. The second-order valence-corrected chi connectivity index (χ2v) is 4.77. The standard InChI is InChI=1S/C14H11ClFNOS/c15-12-7-9(1-6-13(12)16)8-18-11-4-2-10(3-5-11)14(17)19/h1-7H,8H2,(H2,17,19). The number of ether oxygens (including phenoxy) is 1. The first-order chi connectivity index (χ1) is 9.06. The Morgan fingerprint density at radius 3 is 2.47 bits per heavy atom. The van der Waals surface area contributed by atoms with E-state index in [1.165, 1.54) is 6.07 Å². The van der Waals surface area contributed by atoms with Gasteiger partial charge in [-0.3, -0.25) is 0 Å². The minimum Gasteiger partial charge on any atom is -0.489 e. The van der Waals surface area contributed by atoms with Crippen LogP contribution in [0.3, 0.4) is 0 Å². The van der Waals surface area contributed by atoms with Gasteiger partial charge in [0.1, 0.15) is 23.2 Å². The molecule has 0 aliphatic carbocycles. The van der Waals surface area contributed by atoms with Gasteiger partial charge in [0, 0.05) is 5.56 Å². The minimum absolute atomic E-state index is 0.0879. The molecule has 0 aliphatic rings. The van der Waals surface area contributed by atoms with Crippen molar-refractivity contribution >= 4 is 28.8 Å². The van der Waals surface area contributed by atoms with Gasteiger partial charge in [-0.15, -0.1) is 0 Å². The van der Waals surface area contributed by atoms with E-state index in [9.17, 15) is 4.39 Å². The van der Waals surface area contributed by atoms with Crippen molar-refractivity contribution in [3.8, 4) is 5.75 Å². The molecule has 0 fully saturated rings. The van der Waals surface area contributed by atoms with Crippen LogP contribution in [0.25, 0.3) is 0 Å². The third kappa shape index (κ3) is 3.66. The lowest BCUT2D eigenvalue weighted by Crippen LogP contribution is -2.08. The summed E-state index contributed by atoms with van der Waals surface area (Å²) in [6, 6.07) is 11.6. The van der Waals surface area contributed by atoms with Gasteiger partial charge in [-0.05, 0) is 42.0 Å². The smallest absolute Gasteiger partial charge is 0.141 e. The van der Waals surface area contributed by atoms with Crippen LogP contribution in [0.2, 0.25) is 5.02 Å². The highest BCUT2D eigenvalue weighted by Crippen LogP contribution is 2.18. The second kappa shape index (κ2) is 5.99. The molecule has 0 unspecified atom stereocenters. The van der Waals surface area contributed by atoms with Crippen molar-refractivity contribution in [2.45, 2.75) is 6.61 Å². The predicted octanol–water partition coefficient (Wildman–Crippen LogP) is 3.69. The molecule has 0 saturated heterocycles. The fraction of sp³-hybridized carbons (Fsp3) is 0.0714. The predicted molar refractivity (Wildman–Crippen MR) is 78.1 cm³/mol. The van der Waals surface area contributed by atoms with Gasteiger partial charge in [0.15, 0.2) is 0 Å². The largest absolute Gasteiger partial charge is 0.489 e. The van der Waals surface area contributed by atoms with E-state index < -0.39 is 5.82 Å². The third-order valence-corrected chi connectivity index (χ3v) is 3.05. The average Bonchev–Trinajstić information content (AvgIpc) is 2.40. The van der Waals surface area contributed by atoms with E-state index in [-0.39, 0.29) is 5.02 Å². The van der Waals surface area contributed by atoms with Crippen LogP contribution in [0.4, 0.5) is 4.39 Å². The lowest BCUT2D eigenvalue weighted by atomic mass is 10.2. The van der Waals surface area contributed by atoms with Crippen molar-refractivity contribution in [1.29, 1.82) is 0 Å². The van der Waals surface area contributed by atoms with Crippen molar-refractivity contribution in [2.24, 2.45) is 5.73 Å². The van der Waals surface area contributed by atoms with Gasteiger partial charge in [0.2, 0.25) is 0 Å². The SMILES string of the molecule is NC(=S)c1ccc(OCc2ccc(F)c(Cl)c2)cc1. The highest BCUT2D eigenvalue weighted by molar-refractivity contribution is 7.80. The highest BCUT2D eigenvalue weighted by Gasteiger charge is 2.02. The number of nitrogens with two attached hydrogens (primary N) is 1. The van der Waals surface area contributed by atoms with Crippen LogP contribution < -0.4 is 10.5 Å². The van der Waals surface area contributed by atoms with Crippen molar-refractivity contribution in [1.82, 2.24) is 0 Å². The lowest BCUT2D eigenvalue weighted by molar-refractivity contribution is 0.306. The number of thiocarbonyl (C=S) groups is 1. The highest BCUT2D eigenvalue weighted by atomic mass is 35.5. The average molecular weight is 296 g/mol. The molecule has 5 heteroatoms. The molecule has 19 heavy (non-hydrogen) atoms. The Bertz CT molecular complexity index is 601. The molecular formula is C14H11ClFNOS. The van der Waals surface area contributed by atoms with E-state index in [0.717, 1.165) is 11.1 Å². The molecule has 0 heterocycles. The summed E-state index contributed by atoms with van der Waals surface area (Å²) in [6.07, 6.45) is 0. The van der Waals surface area contributed by atoms with Crippen molar-refractivity contribution in [3.63, 3.8) is 0 Å². The van der Waals surface area contributed by atoms with Crippen LogP contribution in [-0.4, -0.2) is 4.99 Å². The summed E-state index contributed by atoms with van der Waals surface area (Å²) in [5.74, 6) is 0.242. The topological polar surface area (TPSA) is 35.2 Å². The Hall–Kier alpha value is -1.65. The molecule has 0 spiro atoms. The van der Waals surface area contributed by atoms with Crippen molar-refractivity contribution < 1.29 is 9.13 Å². The molecule has 2 aromatic rings. The zero-order valence-corrected chi connectivity index (χ0v) is 11.5. The molecule has 0 amide bonds. The van der Waals surface area contributed by atoms with E-state index in [0.29, 0.717) is 17.3 Å². The molecular weight excluding hydrogens is 285 g/mol. The van der Waals surface area contributed by atoms with Crippen LogP contribution in [-0.2, 0) is 6.61 Å². The molecule has 2 aromatic carbocycles. The number of benzene rings is 2. The summed E-state index contributed by atoms with van der Waals surface area (Å²) in [4.78, 5) is 0.344. The van der Waals surface area contributed by atoms with E-state index >= 15 is 0 Å². The first-order valence-corrected chi connectivity index (χ1v) is 6.31. The molecule has 0 aromatic heterocycles. The van der Waals surface area contributed by atoms with E-state index in [4.69, 9.17) is 34.3 Å². The molecule has 0 aliphatic heterocycles. The summed E-state index contributed by atoms with van der Waals surface area (Å²) in [7, 11) is 0. The number of halogens is 2. The Labute approximate surface area is 120 Å². The molecule has 0 bridgehead atoms. The van der Waals surface area contributed by atoms with Gasteiger partial charge < -0.3 is 10.5 Å². The number of rotatable bonds is 4. The van der Waals surface area contributed by atoms with Gasteiger partial charge in [0.05, 0.1) is 5.02 Å². The van der Waals surface area contributed by atoms with Gasteiger partial charge in [-0.1, -0.05) is 29.9 Å². The second-order valence-electron chi connectivity index (χ2n) is 3.93. The molecule has 2 nitrogen and oxygen atoms in total. The zero-order valence-electron chi connectivity index (χ0n) is 9.90. The van der Waals surface area contributed by atoms with Crippen LogP contribution >= 0.6 is 23.8 Å². The van der Waals surface area contributed by atoms with E-state index in [1.54, 1.807) is 36.4 Å².